The first-order valence-electron chi connectivity index (χ1n) is 14.1. The molecule has 38 heavy (non-hydrogen) atoms. The lowest BCUT2D eigenvalue weighted by Crippen LogP contribution is -2.73. The molecule has 5 nitrogen and oxygen atoms in total. The van der Waals surface area contributed by atoms with Gasteiger partial charge >= 0.3 is 0 Å². The molecule has 3 aromatic rings. The highest BCUT2D eigenvalue weighted by atomic mass is 16.2. The highest BCUT2D eigenvalue weighted by molar-refractivity contribution is 6.00. The van der Waals surface area contributed by atoms with Gasteiger partial charge in [0, 0.05) is 26.1 Å². The fourth-order valence-electron chi connectivity index (χ4n) is 6.03. The summed E-state index contributed by atoms with van der Waals surface area (Å²) < 4.78 is 0. The average Bonchev–Trinajstić information content (AvgIpc) is 2.96. The molecular weight excluding hydrogens is 470 g/mol. The molecule has 3 aromatic carbocycles. The number of benzene rings is 3. The van der Waals surface area contributed by atoms with Crippen LogP contribution in [-0.2, 0) is 28.9 Å². The van der Waals surface area contributed by atoms with Gasteiger partial charge in [-0.05, 0) is 61.8 Å². The first-order valence-corrected chi connectivity index (χ1v) is 14.1. The molecule has 2 aliphatic heterocycles. The van der Waals surface area contributed by atoms with E-state index in [1.807, 2.05) is 53.4 Å². The maximum absolute atomic E-state index is 13.9. The predicted octanol–water partition coefficient (Wildman–Crippen LogP) is 4.66. The van der Waals surface area contributed by atoms with Gasteiger partial charge in [-0.1, -0.05) is 91.0 Å². The minimum atomic E-state index is -0.750. The van der Waals surface area contributed by atoms with Crippen LogP contribution in [0.3, 0.4) is 0 Å². The first kappa shape index (κ1) is 26.2. The summed E-state index contributed by atoms with van der Waals surface area (Å²) in [6, 6.07) is 30.4. The fourth-order valence-corrected chi connectivity index (χ4v) is 6.03. The van der Waals surface area contributed by atoms with Crippen molar-refractivity contribution in [3.05, 3.63) is 108 Å². The molecule has 2 aliphatic rings. The maximum Gasteiger partial charge on any atom is 0.246 e. The Labute approximate surface area is 226 Å². The third-order valence-electron chi connectivity index (χ3n) is 8.27. The lowest BCUT2D eigenvalue weighted by molar-refractivity contribution is -0.161. The van der Waals surface area contributed by atoms with Crippen LogP contribution >= 0.6 is 0 Å². The van der Waals surface area contributed by atoms with Crippen molar-refractivity contribution in [2.24, 2.45) is 0 Å². The SMILES string of the molecule is O=C1C(Cc2ccccc2)NC(=O)C2(CCN(CCCCc3ccccc3)CC2)N1CCc1ccccc1. The number of hydrogen-bond donors (Lipinski definition) is 1. The number of unbranched alkanes of at least 4 members (excludes halogenated alkanes) is 1. The number of nitrogens with one attached hydrogen (secondary N) is 1. The van der Waals surface area contributed by atoms with Gasteiger partial charge in [-0.15, -0.1) is 0 Å². The Balaban J connectivity index is 1.23. The van der Waals surface area contributed by atoms with Crippen LogP contribution in [0.15, 0.2) is 91.0 Å². The van der Waals surface area contributed by atoms with Gasteiger partial charge in [0.2, 0.25) is 11.8 Å². The van der Waals surface area contributed by atoms with Crippen LogP contribution in [0.1, 0.15) is 42.4 Å². The van der Waals surface area contributed by atoms with Crippen molar-refractivity contribution in [1.82, 2.24) is 15.1 Å². The van der Waals surface area contributed by atoms with Crippen LogP contribution in [-0.4, -0.2) is 59.4 Å². The van der Waals surface area contributed by atoms with Crippen molar-refractivity contribution < 1.29 is 9.59 Å². The highest BCUT2D eigenvalue weighted by Gasteiger charge is 2.53. The van der Waals surface area contributed by atoms with Gasteiger partial charge < -0.3 is 15.1 Å². The molecule has 1 N–H and O–H groups in total. The Bertz CT molecular complexity index is 1170. The van der Waals surface area contributed by atoms with Crippen LogP contribution in [0, 0.1) is 0 Å². The van der Waals surface area contributed by atoms with Gasteiger partial charge in [0.05, 0.1) is 0 Å². The molecule has 1 spiro atoms. The second-order valence-electron chi connectivity index (χ2n) is 10.8. The van der Waals surface area contributed by atoms with E-state index in [1.54, 1.807) is 0 Å². The summed E-state index contributed by atoms with van der Waals surface area (Å²) in [7, 11) is 0. The molecule has 5 rings (SSSR count). The normalized spacial score (nSPS) is 19.5. The smallest absolute Gasteiger partial charge is 0.246 e. The highest BCUT2D eigenvalue weighted by Crippen LogP contribution is 2.34. The van der Waals surface area contributed by atoms with E-state index in [9.17, 15) is 9.59 Å². The van der Waals surface area contributed by atoms with Crippen LogP contribution in [0.25, 0.3) is 0 Å². The van der Waals surface area contributed by atoms with E-state index in [1.165, 1.54) is 11.1 Å². The van der Waals surface area contributed by atoms with E-state index >= 15 is 0 Å². The Morgan fingerprint density at radius 3 is 1.84 bits per heavy atom. The van der Waals surface area contributed by atoms with Crippen molar-refractivity contribution in [1.29, 1.82) is 0 Å². The molecule has 0 saturated carbocycles. The maximum atomic E-state index is 13.9. The van der Waals surface area contributed by atoms with Crippen molar-refractivity contribution >= 4 is 11.8 Å². The molecule has 2 fully saturated rings. The predicted molar refractivity (Wildman–Crippen MR) is 152 cm³/mol. The summed E-state index contributed by atoms with van der Waals surface area (Å²) in [5.74, 6) is 0.0792. The van der Waals surface area contributed by atoms with Crippen LogP contribution in [0.5, 0.6) is 0 Å². The van der Waals surface area contributed by atoms with Gasteiger partial charge in [0.15, 0.2) is 0 Å². The van der Waals surface area contributed by atoms with E-state index in [0.29, 0.717) is 25.8 Å². The van der Waals surface area contributed by atoms with Gasteiger partial charge in [0.1, 0.15) is 11.6 Å². The molecule has 2 saturated heterocycles. The van der Waals surface area contributed by atoms with Crippen molar-refractivity contribution in [2.45, 2.75) is 56.5 Å². The topological polar surface area (TPSA) is 52.7 Å². The summed E-state index contributed by atoms with van der Waals surface area (Å²) in [5.41, 5.74) is 2.90. The number of piperazine rings is 1. The number of hydrogen-bond acceptors (Lipinski definition) is 3. The van der Waals surface area contributed by atoms with Gasteiger partial charge in [0.25, 0.3) is 0 Å². The fraction of sp³-hybridized carbons (Fsp3) is 0.394. The van der Waals surface area contributed by atoms with Crippen molar-refractivity contribution in [3.8, 4) is 0 Å². The Morgan fingerprint density at radius 1 is 0.684 bits per heavy atom. The third-order valence-corrected chi connectivity index (χ3v) is 8.27. The molecule has 0 bridgehead atoms. The largest absolute Gasteiger partial charge is 0.342 e. The number of nitrogens with zero attached hydrogens (tertiary/aromatic N) is 2. The van der Waals surface area contributed by atoms with Crippen molar-refractivity contribution in [2.75, 3.05) is 26.2 Å². The second-order valence-corrected chi connectivity index (χ2v) is 10.8. The zero-order valence-electron chi connectivity index (χ0n) is 22.2. The van der Waals surface area contributed by atoms with Gasteiger partial charge in [-0.3, -0.25) is 9.59 Å². The molecule has 5 heteroatoms. The molecule has 0 radical (unpaired) electrons. The summed E-state index contributed by atoms with van der Waals surface area (Å²) >= 11 is 0. The zero-order chi connectivity index (χ0) is 26.2. The molecule has 2 heterocycles. The number of carbonyl (C=O) groups is 2. The van der Waals surface area contributed by atoms with Crippen LogP contribution in [0.2, 0.25) is 0 Å². The third kappa shape index (κ3) is 6.16. The monoisotopic (exact) mass is 509 g/mol. The molecular formula is C33H39N3O2. The van der Waals surface area contributed by atoms with E-state index in [4.69, 9.17) is 0 Å². The van der Waals surface area contributed by atoms with E-state index < -0.39 is 11.6 Å². The molecule has 198 valence electrons. The lowest BCUT2D eigenvalue weighted by atomic mass is 9.80. The average molecular weight is 510 g/mol. The number of likely N-dealkylation sites (tertiary alicyclic amines) is 1. The molecule has 1 atom stereocenters. The summed E-state index contributed by atoms with van der Waals surface area (Å²) in [6.45, 7) is 3.30. The van der Waals surface area contributed by atoms with Crippen LogP contribution < -0.4 is 5.32 Å². The molecule has 2 amide bonds. The Kier molecular flexibility index (Phi) is 8.54. The molecule has 0 aliphatic carbocycles. The van der Waals surface area contributed by atoms with Crippen molar-refractivity contribution in [3.63, 3.8) is 0 Å². The first-order chi connectivity index (χ1) is 18.6. The standard InChI is InChI=1S/C33H39N3O2/c37-31-30(26-29-17-8-3-9-18-29)34-32(38)33(36(31)23-19-28-14-6-2-7-15-28)20-24-35(25-21-33)22-11-10-16-27-12-4-1-5-13-27/h1-9,12-15,17-18,30H,10-11,16,19-26H2,(H,34,38). The number of amides is 2. The number of rotatable bonds is 10. The van der Waals surface area contributed by atoms with E-state index in [-0.39, 0.29) is 11.8 Å². The van der Waals surface area contributed by atoms with Crippen LogP contribution in [0.4, 0.5) is 0 Å². The van der Waals surface area contributed by atoms with Gasteiger partial charge in [-0.25, -0.2) is 0 Å². The van der Waals surface area contributed by atoms with E-state index in [2.05, 4.69) is 52.7 Å². The Morgan fingerprint density at radius 2 is 1.24 bits per heavy atom. The lowest BCUT2D eigenvalue weighted by Gasteiger charge is -2.51. The minimum Gasteiger partial charge on any atom is -0.342 e. The molecule has 0 aromatic heterocycles. The number of aryl methyl sites for hydroxylation is 1. The summed E-state index contributed by atoms with van der Waals surface area (Å²) in [5, 5.41) is 3.14. The zero-order valence-corrected chi connectivity index (χ0v) is 22.2. The minimum absolute atomic E-state index is 0.0230. The number of piperidine rings is 1. The summed E-state index contributed by atoms with van der Waals surface area (Å²) in [4.78, 5) is 32.0. The number of carbonyl (C=O) groups excluding carboxylic acids is 2. The quantitative estimate of drug-likeness (QED) is 0.405. The summed E-state index contributed by atoms with van der Waals surface area (Å²) in [6.07, 6.45) is 6.07. The van der Waals surface area contributed by atoms with Gasteiger partial charge in [-0.2, -0.15) is 0 Å². The molecule has 1 unspecified atom stereocenters. The van der Waals surface area contributed by atoms with E-state index in [0.717, 1.165) is 50.9 Å². The Hall–Kier alpha value is -3.44. The second kappa shape index (κ2) is 12.4.